The molecule has 0 radical (unpaired) electrons. The summed E-state index contributed by atoms with van der Waals surface area (Å²) in [6.45, 7) is 13.7. The molecule has 0 aromatic rings. The van der Waals surface area contributed by atoms with Crippen molar-refractivity contribution in [2.24, 2.45) is 17.8 Å². The first kappa shape index (κ1) is 62.4. The van der Waals surface area contributed by atoms with Crippen LogP contribution < -0.4 is 0 Å². The molecule has 0 aromatic heterocycles. The molecule has 0 aliphatic heterocycles. The minimum absolute atomic E-state index is 0.0644. The molecule has 0 spiro atoms. The summed E-state index contributed by atoms with van der Waals surface area (Å²) < 4.78 is 16.8. The average Bonchev–Trinajstić information content (AvgIpc) is 3.25. The SMILES string of the molecule is CC(C)CCCCCCCCCCCCCCCCCCC(=O)O[C@@H](COC(=O)CCCCCCCCCCCCCCCCCC(C)C)COC(=O)CCCCCCCCC(C)C. The Morgan fingerprint density at radius 2 is 0.453 bits per heavy atom. The van der Waals surface area contributed by atoms with Crippen molar-refractivity contribution in [2.75, 3.05) is 13.2 Å². The molecule has 0 fully saturated rings. The van der Waals surface area contributed by atoms with E-state index in [0.29, 0.717) is 19.3 Å². The lowest BCUT2D eigenvalue weighted by Crippen LogP contribution is -2.30. The van der Waals surface area contributed by atoms with Gasteiger partial charge < -0.3 is 14.2 Å². The molecule has 64 heavy (non-hydrogen) atoms. The Balaban J connectivity index is 4.21. The highest BCUT2D eigenvalue weighted by Gasteiger charge is 2.19. The first-order valence-electron chi connectivity index (χ1n) is 28.6. The van der Waals surface area contributed by atoms with Crippen LogP contribution in [0.15, 0.2) is 0 Å². The van der Waals surface area contributed by atoms with Gasteiger partial charge in [0.2, 0.25) is 0 Å². The molecule has 0 aliphatic carbocycles. The summed E-state index contributed by atoms with van der Waals surface area (Å²) in [6.07, 6.45) is 51.1. The van der Waals surface area contributed by atoms with E-state index in [1.807, 2.05) is 0 Å². The van der Waals surface area contributed by atoms with Gasteiger partial charge in [-0.1, -0.05) is 279 Å². The van der Waals surface area contributed by atoms with Crippen LogP contribution in [0, 0.1) is 17.8 Å². The maximum atomic E-state index is 12.8. The third-order valence-corrected chi connectivity index (χ3v) is 13.1. The Labute approximate surface area is 399 Å². The summed E-state index contributed by atoms with van der Waals surface area (Å²) in [5.41, 5.74) is 0. The fourth-order valence-electron chi connectivity index (χ4n) is 8.82. The summed E-state index contributed by atoms with van der Waals surface area (Å²) in [7, 11) is 0. The highest BCUT2D eigenvalue weighted by molar-refractivity contribution is 5.71. The van der Waals surface area contributed by atoms with Crippen LogP contribution in [-0.2, 0) is 28.6 Å². The van der Waals surface area contributed by atoms with E-state index in [4.69, 9.17) is 14.2 Å². The van der Waals surface area contributed by atoms with Gasteiger partial charge in [-0.2, -0.15) is 0 Å². The third-order valence-electron chi connectivity index (χ3n) is 13.1. The van der Waals surface area contributed by atoms with Crippen LogP contribution in [0.2, 0.25) is 0 Å². The quantitative estimate of drug-likeness (QED) is 0.0344. The third kappa shape index (κ3) is 51.4. The Morgan fingerprint density at radius 1 is 0.266 bits per heavy atom. The van der Waals surface area contributed by atoms with Crippen molar-refractivity contribution in [3.05, 3.63) is 0 Å². The van der Waals surface area contributed by atoms with E-state index in [1.54, 1.807) is 0 Å². The van der Waals surface area contributed by atoms with Gasteiger partial charge in [0.05, 0.1) is 0 Å². The van der Waals surface area contributed by atoms with Gasteiger partial charge in [0.1, 0.15) is 13.2 Å². The monoisotopic (exact) mass is 905 g/mol. The van der Waals surface area contributed by atoms with E-state index in [0.717, 1.165) is 75.5 Å². The second kappa shape index (κ2) is 49.3. The molecule has 0 saturated carbocycles. The highest BCUT2D eigenvalue weighted by atomic mass is 16.6. The van der Waals surface area contributed by atoms with Crippen LogP contribution in [0.5, 0.6) is 0 Å². The molecule has 0 heterocycles. The minimum Gasteiger partial charge on any atom is -0.462 e. The lowest BCUT2D eigenvalue weighted by molar-refractivity contribution is -0.167. The number of carbonyl (C=O) groups excluding carboxylic acids is 3. The van der Waals surface area contributed by atoms with E-state index in [-0.39, 0.29) is 31.1 Å². The van der Waals surface area contributed by atoms with Crippen LogP contribution >= 0.6 is 0 Å². The second-order valence-electron chi connectivity index (χ2n) is 21.4. The summed E-state index contributed by atoms with van der Waals surface area (Å²) in [5, 5.41) is 0. The van der Waals surface area contributed by atoms with Crippen LogP contribution in [0.4, 0.5) is 0 Å². The standard InChI is InChI=1S/C58H112O6/c1-52(2)44-38-32-26-22-18-14-10-7-8-12-17-21-25-29-37-43-49-58(61)64-55(51-63-57(60)48-42-36-31-30-34-40-46-54(5)6)50-62-56(59)47-41-35-28-24-20-16-13-9-11-15-19-23-27-33-39-45-53(3)4/h52-55H,7-51H2,1-6H3/t55-/m0/s1. The molecule has 0 N–H and O–H groups in total. The van der Waals surface area contributed by atoms with Gasteiger partial charge in [-0.15, -0.1) is 0 Å². The smallest absolute Gasteiger partial charge is 0.306 e. The van der Waals surface area contributed by atoms with Gasteiger partial charge in [-0.05, 0) is 37.0 Å². The summed E-state index contributed by atoms with van der Waals surface area (Å²) in [5.74, 6) is 1.61. The molecule has 0 unspecified atom stereocenters. The summed E-state index contributed by atoms with van der Waals surface area (Å²) in [4.78, 5) is 38.0. The largest absolute Gasteiger partial charge is 0.462 e. The van der Waals surface area contributed by atoms with Crippen LogP contribution in [-0.4, -0.2) is 37.2 Å². The predicted octanol–water partition coefficient (Wildman–Crippen LogP) is 18.7. The van der Waals surface area contributed by atoms with Gasteiger partial charge >= 0.3 is 17.9 Å². The molecule has 1 atom stereocenters. The van der Waals surface area contributed by atoms with Crippen molar-refractivity contribution < 1.29 is 28.6 Å². The fourth-order valence-corrected chi connectivity index (χ4v) is 8.82. The van der Waals surface area contributed by atoms with Gasteiger partial charge in [0.15, 0.2) is 6.10 Å². The van der Waals surface area contributed by atoms with E-state index >= 15 is 0 Å². The number of hydrogen-bond donors (Lipinski definition) is 0. The van der Waals surface area contributed by atoms with Gasteiger partial charge in [0.25, 0.3) is 0 Å². The van der Waals surface area contributed by atoms with Crippen molar-refractivity contribution in [3.63, 3.8) is 0 Å². The zero-order valence-electron chi connectivity index (χ0n) is 44.1. The second-order valence-corrected chi connectivity index (χ2v) is 21.4. The molecule has 6 heteroatoms. The minimum atomic E-state index is -0.763. The number of unbranched alkanes of at least 4 members (excludes halogenated alkanes) is 34. The molecular formula is C58H112O6. The Morgan fingerprint density at radius 3 is 0.672 bits per heavy atom. The van der Waals surface area contributed by atoms with E-state index < -0.39 is 6.10 Å². The maximum Gasteiger partial charge on any atom is 0.306 e. The van der Waals surface area contributed by atoms with E-state index in [9.17, 15) is 14.4 Å². The molecule has 0 aliphatic rings. The normalized spacial score (nSPS) is 12.1. The van der Waals surface area contributed by atoms with E-state index in [2.05, 4.69) is 41.5 Å². The maximum absolute atomic E-state index is 12.8. The number of esters is 3. The molecule has 380 valence electrons. The molecule has 0 bridgehead atoms. The van der Waals surface area contributed by atoms with Crippen molar-refractivity contribution in [1.82, 2.24) is 0 Å². The molecule has 0 aromatic carbocycles. The average molecular weight is 906 g/mol. The Bertz CT molecular complexity index is 991. The van der Waals surface area contributed by atoms with Crippen molar-refractivity contribution in [2.45, 2.75) is 324 Å². The predicted molar refractivity (Wildman–Crippen MR) is 275 cm³/mol. The van der Waals surface area contributed by atoms with Crippen LogP contribution in [0.1, 0.15) is 318 Å². The van der Waals surface area contributed by atoms with Crippen molar-refractivity contribution in [3.8, 4) is 0 Å². The number of ether oxygens (including phenoxy) is 3. The molecule has 0 amide bonds. The van der Waals surface area contributed by atoms with E-state index in [1.165, 1.54) is 199 Å². The van der Waals surface area contributed by atoms with Crippen LogP contribution in [0.25, 0.3) is 0 Å². The molecule has 0 rings (SSSR count). The van der Waals surface area contributed by atoms with Crippen LogP contribution in [0.3, 0.4) is 0 Å². The van der Waals surface area contributed by atoms with Crippen molar-refractivity contribution >= 4 is 17.9 Å². The van der Waals surface area contributed by atoms with Gasteiger partial charge in [-0.25, -0.2) is 0 Å². The topological polar surface area (TPSA) is 78.9 Å². The molecule has 0 saturated heterocycles. The van der Waals surface area contributed by atoms with Crippen molar-refractivity contribution in [1.29, 1.82) is 0 Å². The number of rotatable bonds is 51. The first-order valence-corrected chi connectivity index (χ1v) is 28.6. The zero-order chi connectivity index (χ0) is 47.0. The zero-order valence-corrected chi connectivity index (χ0v) is 44.1. The summed E-state index contributed by atoms with van der Waals surface area (Å²) >= 11 is 0. The van der Waals surface area contributed by atoms with Gasteiger partial charge in [0, 0.05) is 19.3 Å². The molecule has 6 nitrogen and oxygen atoms in total. The summed E-state index contributed by atoms with van der Waals surface area (Å²) in [6, 6.07) is 0. The van der Waals surface area contributed by atoms with Gasteiger partial charge in [-0.3, -0.25) is 14.4 Å². The fraction of sp³-hybridized carbons (Fsp3) is 0.948. The first-order chi connectivity index (χ1) is 31.1. The Kier molecular flexibility index (Phi) is 48.1. The number of carbonyl (C=O) groups is 3. The molecular weight excluding hydrogens is 793 g/mol. The Hall–Kier alpha value is -1.59. The lowest BCUT2D eigenvalue weighted by Gasteiger charge is -2.18. The highest BCUT2D eigenvalue weighted by Crippen LogP contribution is 2.18. The lowest BCUT2D eigenvalue weighted by atomic mass is 10.0. The number of hydrogen-bond acceptors (Lipinski definition) is 6.